The van der Waals surface area contributed by atoms with Crippen molar-refractivity contribution in [3.8, 4) is 11.5 Å². The van der Waals surface area contributed by atoms with Crippen molar-refractivity contribution in [2.75, 3.05) is 6.79 Å². The van der Waals surface area contributed by atoms with Crippen LogP contribution in [0, 0.1) is 0 Å². The van der Waals surface area contributed by atoms with E-state index in [0.717, 1.165) is 33.4 Å². The van der Waals surface area contributed by atoms with E-state index >= 15 is 0 Å². The van der Waals surface area contributed by atoms with E-state index in [1.54, 1.807) is 30.2 Å². The Hall–Kier alpha value is -3.26. The van der Waals surface area contributed by atoms with Crippen LogP contribution in [-0.4, -0.2) is 41.3 Å². The number of nitrogens with one attached hydrogen (secondary N) is 1. The number of thioether (sulfide) groups is 1. The smallest absolute Gasteiger partial charge is 0.335 e. The minimum Gasteiger partial charge on any atom is -0.478 e. The molecule has 0 radical (unpaired) electrons. The maximum atomic E-state index is 11.1. The normalized spacial score (nSPS) is 22.9. The maximum Gasteiger partial charge on any atom is 0.335 e. The number of hydrogen-bond acceptors (Lipinski definition) is 6. The topological polar surface area (TPSA) is 92.5 Å². The van der Waals surface area contributed by atoms with E-state index < -0.39 is 5.97 Å². The van der Waals surface area contributed by atoms with Gasteiger partial charge in [-0.25, -0.2) is 4.79 Å². The molecule has 5 rings (SSSR count). The van der Waals surface area contributed by atoms with Crippen LogP contribution in [0.4, 0.5) is 0 Å². The number of hydrogen-bond donors (Lipinski definition) is 2. The lowest BCUT2D eigenvalue weighted by Gasteiger charge is -2.22. The third-order valence-corrected chi connectivity index (χ3v) is 6.28. The van der Waals surface area contributed by atoms with Gasteiger partial charge in [0.05, 0.1) is 29.7 Å². The molecular weight excluding hydrogens is 390 g/mol. The van der Waals surface area contributed by atoms with Crippen molar-refractivity contribution in [3.63, 3.8) is 0 Å². The first kappa shape index (κ1) is 17.8. The van der Waals surface area contributed by atoms with Gasteiger partial charge in [0.2, 0.25) is 6.79 Å². The zero-order valence-electron chi connectivity index (χ0n) is 15.2. The molecule has 2 unspecified atom stereocenters. The second kappa shape index (κ2) is 7.29. The summed E-state index contributed by atoms with van der Waals surface area (Å²) in [5.74, 6) is 1.47. The zero-order chi connectivity index (χ0) is 19.8. The van der Waals surface area contributed by atoms with Gasteiger partial charge in [0.1, 0.15) is 5.84 Å². The van der Waals surface area contributed by atoms with E-state index in [1.165, 1.54) is 0 Å². The summed E-state index contributed by atoms with van der Waals surface area (Å²) in [4.78, 5) is 21.4. The Balaban J connectivity index is 1.32. The Labute approximate surface area is 171 Å². The highest BCUT2D eigenvalue weighted by molar-refractivity contribution is 8.09. The molecule has 29 heavy (non-hydrogen) atoms. The van der Waals surface area contributed by atoms with E-state index in [0.29, 0.717) is 6.54 Å². The van der Waals surface area contributed by atoms with Gasteiger partial charge in [-0.15, -0.1) is 11.8 Å². The number of aliphatic imine (C=N–C) groups is 2. The molecule has 3 heterocycles. The number of rotatable bonds is 4. The summed E-state index contributed by atoms with van der Waals surface area (Å²) in [5, 5.41) is 12.3. The number of fused-ring (bicyclic) bond motifs is 2. The van der Waals surface area contributed by atoms with Crippen molar-refractivity contribution < 1.29 is 19.4 Å². The molecule has 2 N–H and O–H groups in total. The Morgan fingerprint density at radius 1 is 1.21 bits per heavy atom. The molecule has 8 heteroatoms. The van der Waals surface area contributed by atoms with E-state index in [1.807, 2.05) is 30.3 Å². The predicted molar refractivity (Wildman–Crippen MR) is 112 cm³/mol. The predicted octanol–water partition coefficient (Wildman–Crippen LogP) is 3.17. The van der Waals surface area contributed by atoms with Crippen LogP contribution in [0.15, 0.2) is 58.5 Å². The molecule has 3 aliphatic rings. The average molecular weight is 407 g/mol. The molecule has 7 nitrogen and oxygen atoms in total. The van der Waals surface area contributed by atoms with Crippen LogP contribution < -0.4 is 14.8 Å². The molecule has 0 aliphatic carbocycles. The van der Waals surface area contributed by atoms with E-state index in [-0.39, 0.29) is 23.6 Å². The van der Waals surface area contributed by atoms with Crippen molar-refractivity contribution in [2.45, 2.75) is 17.8 Å². The molecule has 2 aromatic carbocycles. The first-order chi connectivity index (χ1) is 14.2. The van der Waals surface area contributed by atoms with Crippen molar-refractivity contribution in [2.24, 2.45) is 9.98 Å². The third kappa shape index (κ3) is 3.47. The zero-order valence-corrected chi connectivity index (χ0v) is 16.1. The Bertz CT molecular complexity index is 1060. The summed E-state index contributed by atoms with van der Waals surface area (Å²) >= 11 is 1.69. The molecule has 3 aliphatic heterocycles. The lowest BCUT2D eigenvalue weighted by atomic mass is 10.1. The fourth-order valence-corrected chi connectivity index (χ4v) is 4.70. The molecule has 0 bridgehead atoms. The average Bonchev–Trinajstić information content (AvgIpc) is 3.39. The Kier molecular flexibility index (Phi) is 4.48. The lowest BCUT2D eigenvalue weighted by molar-refractivity contribution is 0.0697. The van der Waals surface area contributed by atoms with Crippen LogP contribution in [-0.2, 0) is 6.54 Å². The highest BCUT2D eigenvalue weighted by Gasteiger charge is 2.34. The van der Waals surface area contributed by atoms with Crippen LogP contribution in [0.25, 0.3) is 4.91 Å². The summed E-state index contributed by atoms with van der Waals surface area (Å²) in [5.41, 5.74) is 2.31. The van der Waals surface area contributed by atoms with Crippen LogP contribution in [0.2, 0.25) is 0 Å². The van der Waals surface area contributed by atoms with Crippen LogP contribution in [0.3, 0.4) is 0 Å². The number of carboxylic acids is 1. The minimum atomic E-state index is -0.926. The SMILES string of the molecule is O=C(O)c1ccc(C2=CC3N=CNC(=NCc4ccc5c(c4)OCO5)C3S2)cc1. The largest absolute Gasteiger partial charge is 0.478 e. The van der Waals surface area contributed by atoms with Gasteiger partial charge in [-0.2, -0.15) is 0 Å². The lowest BCUT2D eigenvalue weighted by Crippen LogP contribution is -2.41. The number of ether oxygens (including phenoxy) is 2. The van der Waals surface area contributed by atoms with Crippen molar-refractivity contribution in [1.29, 1.82) is 0 Å². The number of nitrogens with zero attached hydrogens (tertiary/aromatic N) is 2. The first-order valence-electron chi connectivity index (χ1n) is 9.11. The van der Waals surface area contributed by atoms with E-state index in [9.17, 15) is 4.79 Å². The molecule has 0 saturated carbocycles. The van der Waals surface area contributed by atoms with Crippen molar-refractivity contribution in [3.05, 3.63) is 65.2 Å². The summed E-state index contributed by atoms with van der Waals surface area (Å²) in [6.45, 7) is 0.785. The van der Waals surface area contributed by atoms with Crippen molar-refractivity contribution in [1.82, 2.24) is 5.32 Å². The van der Waals surface area contributed by atoms with Gasteiger partial charge in [0.25, 0.3) is 0 Å². The Morgan fingerprint density at radius 3 is 2.86 bits per heavy atom. The fraction of sp³-hybridized carbons (Fsp3) is 0.190. The number of aromatic carboxylic acids is 1. The first-order valence-corrected chi connectivity index (χ1v) is 9.98. The molecule has 0 spiro atoms. The maximum absolute atomic E-state index is 11.1. The van der Waals surface area contributed by atoms with E-state index in [4.69, 9.17) is 19.6 Å². The second-order valence-corrected chi connectivity index (χ2v) is 7.94. The highest BCUT2D eigenvalue weighted by Crippen LogP contribution is 2.42. The second-order valence-electron chi connectivity index (χ2n) is 6.75. The number of amidine groups is 1. The highest BCUT2D eigenvalue weighted by atomic mass is 32.2. The molecule has 146 valence electrons. The van der Waals surface area contributed by atoms with Gasteiger partial charge in [0.15, 0.2) is 11.5 Å². The number of benzene rings is 2. The summed E-state index contributed by atoms with van der Waals surface area (Å²) < 4.78 is 10.8. The molecule has 2 atom stereocenters. The third-order valence-electron chi connectivity index (χ3n) is 4.90. The summed E-state index contributed by atoms with van der Waals surface area (Å²) in [7, 11) is 0. The van der Waals surface area contributed by atoms with Gasteiger partial charge >= 0.3 is 5.97 Å². The van der Waals surface area contributed by atoms with Crippen molar-refractivity contribution >= 4 is 34.8 Å². The number of carbonyl (C=O) groups is 1. The molecule has 0 fully saturated rings. The van der Waals surface area contributed by atoms with Gasteiger partial charge in [-0.05, 0) is 41.5 Å². The number of carboxylic acid groups (broad SMARTS) is 1. The molecule has 2 aromatic rings. The van der Waals surface area contributed by atoms with E-state index in [2.05, 4.69) is 16.4 Å². The van der Waals surface area contributed by atoms with Gasteiger partial charge in [-0.1, -0.05) is 18.2 Å². The molecular formula is C21H17N3O4S. The van der Waals surface area contributed by atoms with Crippen LogP contribution in [0.5, 0.6) is 11.5 Å². The minimum absolute atomic E-state index is 0.00547. The Morgan fingerprint density at radius 2 is 2.03 bits per heavy atom. The molecule has 0 saturated heterocycles. The van der Waals surface area contributed by atoms with Gasteiger partial charge in [0, 0.05) is 4.91 Å². The van der Waals surface area contributed by atoms with Gasteiger partial charge < -0.3 is 19.9 Å². The fourth-order valence-electron chi connectivity index (χ4n) is 3.39. The summed E-state index contributed by atoms with van der Waals surface area (Å²) in [6.07, 6.45) is 3.80. The summed E-state index contributed by atoms with van der Waals surface area (Å²) in [6, 6.07) is 12.8. The van der Waals surface area contributed by atoms with Crippen LogP contribution >= 0.6 is 11.8 Å². The standard InChI is InChI=1S/C21H17N3O4S/c25-21(26)14-4-2-13(3-5-14)18-8-15-19(29-18)20(24-10-23-15)22-9-12-1-6-16-17(7-12)28-11-27-16/h1-8,10,15,19H,9,11H2,(H,25,26)(H,22,23,24). The quantitative estimate of drug-likeness (QED) is 0.809. The monoisotopic (exact) mass is 407 g/mol. The van der Waals surface area contributed by atoms with Crippen LogP contribution in [0.1, 0.15) is 21.5 Å². The van der Waals surface area contributed by atoms with Gasteiger partial charge in [-0.3, -0.25) is 9.98 Å². The molecule has 0 aromatic heterocycles. The molecule has 0 amide bonds.